The molecule has 1 fully saturated rings. The van der Waals surface area contributed by atoms with Crippen LogP contribution in [0.5, 0.6) is 0 Å². The Bertz CT molecular complexity index is 221. The van der Waals surface area contributed by atoms with Crippen LogP contribution in [0.15, 0.2) is 12.7 Å². The monoisotopic (exact) mass is 184 g/mol. The zero-order chi connectivity index (χ0) is 9.68. The number of nitrogens with one attached hydrogen (secondary N) is 1. The van der Waals surface area contributed by atoms with Gasteiger partial charge < -0.3 is 9.64 Å². The molecule has 1 N–H and O–H groups in total. The molecule has 1 rings (SSSR count). The van der Waals surface area contributed by atoms with Crippen LogP contribution in [0.3, 0.4) is 0 Å². The van der Waals surface area contributed by atoms with Gasteiger partial charge >= 0.3 is 6.03 Å². The van der Waals surface area contributed by atoms with Crippen LogP contribution in [0.2, 0.25) is 0 Å². The van der Waals surface area contributed by atoms with Gasteiger partial charge in [0.25, 0.3) is 5.91 Å². The summed E-state index contributed by atoms with van der Waals surface area (Å²) in [6, 6.07) is -0.381. The van der Waals surface area contributed by atoms with Crippen molar-refractivity contribution in [1.82, 2.24) is 10.2 Å². The summed E-state index contributed by atoms with van der Waals surface area (Å²) < 4.78 is 5.05. The third-order valence-electron chi connectivity index (χ3n) is 1.71. The summed E-state index contributed by atoms with van der Waals surface area (Å²) in [5.74, 6) is -0.475. The largest absolute Gasteiger partial charge is 0.378 e. The lowest BCUT2D eigenvalue weighted by molar-refractivity contribution is -0.115. The van der Waals surface area contributed by atoms with E-state index in [9.17, 15) is 9.59 Å². The summed E-state index contributed by atoms with van der Waals surface area (Å²) in [4.78, 5) is 23.5. The highest BCUT2D eigenvalue weighted by atomic mass is 16.5. The van der Waals surface area contributed by atoms with Crippen LogP contribution in [-0.2, 0) is 9.53 Å². The zero-order valence-corrected chi connectivity index (χ0v) is 7.28. The minimum Gasteiger partial charge on any atom is -0.378 e. The number of carbonyl (C=O) groups is 2. The third kappa shape index (κ3) is 2.87. The minimum absolute atomic E-state index is 0.381. The van der Waals surface area contributed by atoms with Crippen molar-refractivity contribution in [1.29, 1.82) is 0 Å². The molecule has 5 heteroatoms. The van der Waals surface area contributed by atoms with Gasteiger partial charge in [-0.3, -0.25) is 10.1 Å². The summed E-state index contributed by atoms with van der Waals surface area (Å²) in [7, 11) is 0. The molecule has 0 saturated carbocycles. The highest BCUT2D eigenvalue weighted by Crippen LogP contribution is 1.96. The van der Waals surface area contributed by atoms with Crippen molar-refractivity contribution in [3.8, 4) is 0 Å². The maximum atomic E-state index is 11.3. The quantitative estimate of drug-likeness (QED) is 0.571. The van der Waals surface area contributed by atoms with Crippen molar-refractivity contribution in [2.24, 2.45) is 0 Å². The lowest BCUT2D eigenvalue weighted by Crippen LogP contribution is -2.47. The predicted octanol–water partition coefficient (Wildman–Crippen LogP) is -0.259. The molecule has 13 heavy (non-hydrogen) atoms. The first-order valence-corrected chi connectivity index (χ1v) is 4.04. The molecule has 1 heterocycles. The zero-order valence-electron chi connectivity index (χ0n) is 7.28. The van der Waals surface area contributed by atoms with E-state index in [0.717, 1.165) is 6.08 Å². The van der Waals surface area contributed by atoms with Crippen molar-refractivity contribution >= 4 is 11.9 Å². The molecule has 0 aromatic carbocycles. The molecular weight excluding hydrogens is 172 g/mol. The van der Waals surface area contributed by atoms with Crippen molar-refractivity contribution in [3.05, 3.63) is 12.7 Å². The van der Waals surface area contributed by atoms with E-state index in [1.807, 2.05) is 0 Å². The Kier molecular flexibility index (Phi) is 3.45. The van der Waals surface area contributed by atoms with E-state index < -0.39 is 5.91 Å². The normalized spacial score (nSPS) is 16.5. The molecule has 0 bridgehead atoms. The topological polar surface area (TPSA) is 58.6 Å². The number of morpholine rings is 1. The molecule has 1 aliphatic rings. The van der Waals surface area contributed by atoms with Gasteiger partial charge in [-0.15, -0.1) is 0 Å². The molecule has 0 radical (unpaired) electrons. The number of amides is 3. The maximum Gasteiger partial charge on any atom is 0.324 e. The fraction of sp³-hybridized carbons (Fsp3) is 0.500. The predicted molar refractivity (Wildman–Crippen MR) is 46.1 cm³/mol. The number of hydrogen-bond donors (Lipinski definition) is 1. The van der Waals surface area contributed by atoms with Gasteiger partial charge in [0.05, 0.1) is 13.2 Å². The van der Waals surface area contributed by atoms with E-state index in [0.29, 0.717) is 26.3 Å². The van der Waals surface area contributed by atoms with Crippen LogP contribution in [0.4, 0.5) is 4.79 Å². The second kappa shape index (κ2) is 4.61. The second-order valence-corrected chi connectivity index (χ2v) is 2.60. The van der Waals surface area contributed by atoms with E-state index in [1.54, 1.807) is 0 Å². The maximum absolute atomic E-state index is 11.3. The van der Waals surface area contributed by atoms with Gasteiger partial charge in [-0.05, 0) is 6.08 Å². The van der Waals surface area contributed by atoms with Crippen molar-refractivity contribution < 1.29 is 14.3 Å². The molecule has 0 aromatic rings. The number of rotatable bonds is 1. The molecule has 1 saturated heterocycles. The van der Waals surface area contributed by atoms with Gasteiger partial charge in [-0.25, -0.2) is 4.79 Å². The van der Waals surface area contributed by atoms with Crippen LogP contribution in [0.1, 0.15) is 0 Å². The first kappa shape index (κ1) is 9.73. The summed E-state index contributed by atoms with van der Waals surface area (Å²) in [5, 5.41) is 2.17. The molecule has 0 atom stereocenters. The Balaban J connectivity index is 2.37. The molecule has 1 aliphatic heterocycles. The lowest BCUT2D eigenvalue weighted by atomic mass is 10.4. The van der Waals surface area contributed by atoms with Crippen molar-refractivity contribution in [2.75, 3.05) is 26.3 Å². The smallest absolute Gasteiger partial charge is 0.324 e. The fourth-order valence-electron chi connectivity index (χ4n) is 1.00. The summed E-state index contributed by atoms with van der Waals surface area (Å²) >= 11 is 0. The summed E-state index contributed by atoms with van der Waals surface area (Å²) in [5.41, 5.74) is 0. The van der Waals surface area contributed by atoms with E-state index in [-0.39, 0.29) is 6.03 Å². The first-order chi connectivity index (χ1) is 6.24. The average Bonchev–Trinajstić information content (AvgIpc) is 2.19. The fourth-order valence-corrected chi connectivity index (χ4v) is 1.00. The van der Waals surface area contributed by atoms with E-state index >= 15 is 0 Å². The van der Waals surface area contributed by atoms with Gasteiger partial charge in [-0.1, -0.05) is 6.58 Å². The van der Waals surface area contributed by atoms with Gasteiger partial charge in [0.1, 0.15) is 0 Å². The third-order valence-corrected chi connectivity index (χ3v) is 1.71. The molecule has 72 valence electrons. The minimum atomic E-state index is -0.475. The summed E-state index contributed by atoms with van der Waals surface area (Å²) in [6.45, 7) is 5.35. The molecule has 0 aliphatic carbocycles. The van der Waals surface area contributed by atoms with Gasteiger partial charge in [0, 0.05) is 13.1 Å². The second-order valence-electron chi connectivity index (χ2n) is 2.60. The number of urea groups is 1. The number of nitrogens with zero attached hydrogens (tertiary/aromatic N) is 1. The highest BCUT2D eigenvalue weighted by molar-refractivity contribution is 5.99. The summed E-state index contributed by atoms with van der Waals surface area (Å²) in [6.07, 6.45) is 1.07. The molecular formula is C8H12N2O3. The van der Waals surface area contributed by atoms with Gasteiger partial charge in [0.2, 0.25) is 0 Å². The molecule has 0 unspecified atom stereocenters. The van der Waals surface area contributed by atoms with Crippen LogP contribution in [-0.4, -0.2) is 43.1 Å². The SMILES string of the molecule is C=CC(=O)NC(=O)N1CCOCC1. The Hall–Kier alpha value is -1.36. The standard InChI is InChI=1S/C8H12N2O3/c1-2-7(11)9-8(12)10-3-5-13-6-4-10/h2H,1,3-6H2,(H,9,11,12). The van der Waals surface area contributed by atoms with E-state index in [1.165, 1.54) is 4.90 Å². The van der Waals surface area contributed by atoms with Gasteiger partial charge in [-0.2, -0.15) is 0 Å². The average molecular weight is 184 g/mol. The number of hydrogen-bond acceptors (Lipinski definition) is 3. The Morgan fingerprint density at radius 3 is 2.54 bits per heavy atom. The highest BCUT2D eigenvalue weighted by Gasteiger charge is 2.17. The van der Waals surface area contributed by atoms with Crippen molar-refractivity contribution in [2.45, 2.75) is 0 Å². The first-order valence-electron chi connectivity index (χ1n) is 4.04. The molecule has 0 aromatic heterocycles. The van der Waals surface area contributed by atoms with E-state index in [2.05, 4.69) is 11.9 Å². The molecule has 0 spiro atoms. The van der Waals surface area contributed by atoms with Gasteiger partial charge in [0.15, 0.2) is 0 Å². The Labute approximate surface area is 76.3 Å². The van der Waals surface area contributed by atoms with E-state index in [4.69, 9.17) is 4.74 Å². The van der Waals surface area contributed by atoms with Crippen LogP contribution < -0.4 is 5.32 Å². The van der Waals surface area contributed by atoms with Crippen LogP contribution >= 0.6 is 0 Å². The van der Waals surface area contributed by atoms with Crippen LogP contribution in [0, 0.1) is 0 Å². The number of imide groups is 1. The number of ether oxygens (including phenoxy) is 1. The molecule has 5 nitrogen and oxygen atoms in total. The Morgan fingerprint density at radius 2 is 2.00 bits per heavy atom. The lowest BCUT2D eigenvalue weighted by Gasteiger charge is -2.26. The van der Waals surface area contributed by atoms with Crippen molar-refractivity contribution in [3.63, 3.8) is 0 Å². The Morgan fingerprint density at radius 1 is 1.38 bits per heavy atom. The molecule has 3 amide bonds. The van der Waals surface area contributed by atoms with Crippen LogP contribution in [0.25, 0.3) is 0 Å². The number of carbonyl (C=O) groups excluding carboxylic acids is 2.